The van der Waals surface area contributed by atoms with Gasteiger partial charge in [0.1, 0.15) is 17.2 Å². The van der Waals surface area contributed by atoms with E-state index in [1.807, 2.05) is 19.1 Å². The summed E-state index contributed by atoms with van der Waals surface area (Å²) in [5.41, 5.74) is 2.00. The molecule has 6 nitrogen and oxygen atoms in total. The number of H-pyrrole nitrogens is 1. The minimum absolute atomic E-state index is 0.781. The Bertz CT molecular complexity index is 787. The normalized spacial score (nSPS) is 14.7. The first-order valence-electron chi connectivity index (χ1n) is 8.18. The Labute approximate surface area is 134 Å². The Morgan fingerprint density at radius 3 is 2.96 bits per heavy atom. The van der Waals surface area contributed by atoms with Crippen molar-refractivity contribution in [2.75, 3.05) is 29.9 Å². The number of fused-ring (bicyclic) bond motifs is 1. The summed E-state index contributed by atoms with van der Waals surface area (Å²) < 4.78 is 5.38. The summed E-state index contributed by atoms with van der Waals surface area (Å²) >= 11 is 0. The van der Waals surface area contributed by atoms with E-state index >= 15 is 0 Å². The van der Waals surface area contributed by atoms with Crippen LogP contribution in [0.5, 0.6) is 0 Å². The topological polar surface area (TPSA) is 70.0 Å². The summed E-state index contributed by atoms with van der Waals surface area (Å²) in [6.07, 6.45) is 4.97. The quantitative estimate of drug-likeness (QED) is 0.757. The van der Waals surface area contributed by atoms with Gasteiger partial charge in [-0.2, -0.15) is 9.97 Å². The second kappa shape index (κ2) is 5.95. The molecule has 1 aliphatic heterocycles. The number of anilines is 2. The SMILES string of the molecule is Cc1cc2c(NCCc3ccco3)nc(N3CCCC3)nc2[nH]1. The van der Waals surface area contributed by atoms with Gasteiger partial charge < -0.3 is 19.6 Å². The van der Waals surface area contributed by atoms with Gasteiger partial charge in [0.05, 0.1) is 11.6 Å². The van der Waals surface area contributed by atoms with E-state index in [0.717, 1.165) is 60.3 Å². The molecule has 0 aromatic carbocycles. The lowest BCUT2D eigenvalue weighted by Crippen LogP contribution is -2.21. The first-order valence-corrected chi connectivity index (χ1v) is 8.18. The van der Waals surface area contributed by atoms with Crippen molar-refractivity contribution >= 4 is 22.8 Å². The molecular weight excluding hydrogens is 290 g/mol. The van der Waals surface area contributed by atoms with E-state index in [1.165, 1.54) is 12.8 Å². The molecule has 0 atom stereocenters. The van der Waals surface area contributed by atoms with Crippen molar-refractivity contribution in [3.63, 3.8) is 0 Å². The number of nitrogens with zero attached hydrogens (tertiary/aromatic N) is 3. The van der Waals surface area contributed by atoms with Gasteiger partial charge in [-0.3, -0.25) is 0 Å². The van der Waals surface area contributed by atoms with Crippen LogP contribution < -0.4 is 10.2 Å². The molecule has 0 aliphatic carbocycles. The molecule has 1 fully saturated rings. The molecule has 0 unspecified atom stereocenters. The van der Waals surface area contributed by atoms with E-state index in [1.54, 1.807) is 6.26 Å². The van der Waals surface area contributed by atoms with E-state index in [2.05, 4.69) is 21.3 Å². The molecule has 6 heteroatoms. The van der Waals surface area contributed by atoms with Crippen molar-refractivity contribution in [2.24, 2.45) is 0 Å². The summed E-state index contributed by atoms with van der Waals surface area (Å²) in [6.45, 7) is 4.90. The van der Waals surface area contributed by atoms with Gasteiger partial charge in [0.25, 0.3) is 0 Å². The summed E-state index contributed by atoms with van der Waals surface area (Å²) in [7, 11) is 0. The van der Waals surface area contributed by atoms with Crippen LogP contribution in [0.15, 0.2) is 28.9 Å². The van der Waals surface area contributed by atoms with Crippen LogP contribution in [0.2, 0.25) is 0 Å². The van der Waals surface area contributed by atoms with E-state index in [0.29, 0.717) is 0 Å². The molecule has 0 bridgehead atoms. The van der Waals surface area contributed by atoms with Crippen molar-refractivity contribution in [2.45, 2.75) is 26.2 Å². The lowest BCUT2D eigenvalue weighted by molar-refractivity contribution is 0.513. The molecule has 0 saturated carbocycles. The van der Waals surface area contributed by atoms with Crippen molar-refractivity contribution in [1.29, 1.82) is 0 Å². The van der Waals surface area contributed by atoms with Gasteiger partial charge in [-0.15, -0.1) is 0 Å². The molecule has 0 amide bonds. The molecular formula is C17H21N5O. The molecule has 4 rings (SSSR count). The Morgan fingerprint density at radius 2 is 2.17 bits per heavy atom. The van der Waals surface area contributed by atoms with Crippen molar-refractivity contribution in [3.8, 4) is 0 Å². The number of aromatic amines is 1. The van der Waals surface area contributed by atoms with E-state index < -0.39 is 0 Å². The smallest absolute Gasteiger partial charge is 0.229 e. The van der Waals surface area contributed by atoms with Crippen LogP contribution in [-0.4, -0.2) is 34.6 Å². The van der Waals surface area contributed by atoms with Gasteiger partial charge in [0.15, 0.2) is 0 Å². The van der Waals surface area contributed by atoms with Crippen molar-refractivity contribution < 1.29 is 4.42 Å². The third-order valence-corrected chi connectivity index (χ3v) is 4.24. The Morgan fingerprint density at radius 1 is 1.30 bits per heavy atom. The fourth-order valence-corrected chi connectivity index (χ4v) is 3.08. The Balaban J connectivity index is 1.60. The van der Waals surface area contributed by atoms with Gasteiger partial charge in [-0.25, -0.2) is 0 Å². The predicted octanol–water partition coefficient (Wildman–Crippen LogP) is 3.11. The molecule has 0 spiro atoms. The average molecular weight is 311 g/mol. The Kier molecular flexibility index (Phi) is 3.65. The average Bonchev–Trinajstić information content (AvgIpc) is 3.28. The standard InChI is InChI=1S/C17H21N5O/c1-12-11-14-15(18-7-6-13-5-4-10-23-13)20-17(21-16(14)19-12)22-8-2-3-9-22/h4-5,10-11H,2-3,6-9H2,1H3,(H2,18,19,20,21). The molecule has 1 saturated heterocycles. The van der Waals surface area contributed by atoms with Gasteiger partial charge in [0.2, 0.25) is 5.95 Å². The second-order valence-corrected chi connectivity index (χ2v) is 6.04. The highest BCUT2D eigenvalue weighted by Gasteiger charge is 2.18. The van der Waals surface area contributed by atoms with Crippen LogP contribution in [0.25, 0.3) is 11.0 Å². The lowest BCUT2D eigenvalue weighted by atomic mass is 10.3. The van der Waals surface area contributed by atoms with Gasteiger partial charge in [-0.1, -0.05) is 0 Å². The third-order valence-electron chi connectivity index (χ3n) is 4.24. The maximum Gasteiger partial charge on any atom is 0.229 e. The van der Waals surface area contributed by atoms with Crippen molar-refractivity contribution in [3.05, 3.63) is 35.9 Å². The number of aromatic nitrogens is 3. The molecule has 120 valence electrons. The summed E-state index contributed by atoms with van der Waals surface area (Å²) in [6, 6.07) is 6.00. The monoisotopic (exact) mass is 311 g/mol. The van der Waals surface area contributed by atoms with Gasteiger partial charge in [0, 0.05) is 31.7 Å². The number of nitrogens with one attached hydrogen (secondary N) is 2. The summed E-state index contributed by atoms with van der Waals surface area (Å²) in [5, 5.41) is 4.49. The third kappa shape index (κ3) is 2.88. The molecule has 3 aromatic heterocycles. The lowest BCUT2D eigenvalue weighted by Gasteiger charge is -2.16. The number of aryl methyl sites for hydroxylation is 1. The van der Waals surface area contributed by atoms with Crippen LogP contribution in [0.1, 0.15) is 24.3 Å². The number of hydrogen-bond acceptors (Lipinski definition) is 5. The van der Waals surface area contributed by atoms with E-state index in [-0.39, 0.29) is 0 Å². The number of rotatable bonds is 5. The molecule has 2 N–H and O–H groups in total. The maximum atomic E-state index is 5.38. The first-order chi connectivity index (χ1) is 11.3. The van der Waals surface area contributed by atoms with E-state index in [4.69, 9.17) is 14.4 Å². The van der Waals surface area contributed by atoms with Crippen LogP contribution >= 0.6 is 0 Å². The molecule has 0 radical (unpaired) electrons. The molecule has 23 heavy (non-hydrogen) atoms. The fraction of sp³-hybridized carbons (Fsp3) is 0.412. The van der Waals surface area contributed by atoms with Crippen LogP contribution in [-0.2, 0) is 6.42 Å². The van der Waals surface area contributed by atoms with Gasteiger partial charge in [-0.05, 0) is 38.0 Å². The maximum absolute atomic E-state index is 5.38. The Hall–Kier alpha value is -2.50. The first kappa shape index (κ1) is 14.1. The highest BCUT2D eigenvalue weighted by Crippen LogP contribution is 2.26. The predicted molar refractivity (Wildman–Crippen MR) is 91.0 cm³/mol. The minimum atomic E-state index is 0.781. The largest absolute Gasteiger partial charge is 0.469 e. The summed E-state index contributed by atoms with van der Waals surface area (Å²) in [5.74, 6) is 2.69. The highest BCUT2D eigenvalue weighted by molar-refractivity contribution is 5.89. The highest BCUT2D eigenvalue weighted by atomic mass is 16.3. The number of furan rings is 1. The minimum Gasteiger partial charge on any atom is -0.469 e. The second-order valence-electron chi connectivity index (χ2n) is 6.04. The number of hydrogen-bond donors (Lipinski definition) is 2. The fourth-order valence-electron chi connectivity index (χ4n) is 3.08. The molecule has 4 heterocycles. The zero-order valence-corrected chi connectivity index (χ0v) is 13.3. The summed E-state index contributed by atoms with van der Waals surface area (Å²) in [4.78, 5) is 15.1. The van der Waals surface area contributed by atoms with Gasteiger partial charge >= 0.3 is 0 Å². The van der Waals surface area contributed by atoms with E-state index in [9.17, 15) is 0 Å². The zero-order chi connectivity index (χ0) is 15.6. The molecule has 3 aromatic rings. The van der Waals surface area contributed by atoms with Crippen LogP contribution in [0.4, 0.5) is 11.8 Å². The van der Waals surface area contributed by atoms with Crippen molar-refractivity contribution in [1.82, 2.24) is 15.0 Å². The molecule has 1 aliphatic rings. The van der Waals surface area contributed by atoms with Crippen LogP contribution in [0.3, 0.4) is 0 Å². The zero-order valence-electron chi connectivity index (χ0n) is 13.3. The van der Waals surface area contributed by atoms with Crippen LogP contribution in [0, 0.1) is 6.92 Å².